The summed E-state index contributed by atoms with van der Waals surface area (Å²) in [7, 11) is -2.98. The second-order valence-electron chi connectivity index (χ2n) is 7.73. The van der Waals surface area contributed by atoms with E-state index in [-0.39, 0.29) is 11.5 Å². The third-order valence-electron chi connectivity index (χ3n) is 5.48. The van der Waals surface area contributed by atoms with E-state index in [0.717, 1.165) is 27.9 Å². The van der Waals surface area contributed by atoms with Crippen molar-refractivity contribution in [1.29, 1.82) is 5.41 Å². The average molecular weight is 447 g/mol. The van der Waals surface area contributed by atoms with Gasteiger partial charge in [-0.05, 0) is 47.2 Å². The molecule has 1 saturated heterocycles. The van der Waals surface area contributed by atoms with Crippen molar-refractivity contribution in [1.82, 2.24) is 10.3 Å². The van der Waals surface area contributed by atoms with E-state index in [2.05, 4.69) is 15.2 Å². The first-order valence-corrected chi connectivity index (χ1v) is 12.4. The lowest BCUT2D eigenvalue weighted by Crippen LogP contribution is -2.40. The summed E-state index contributed by atoms with van der Waals surface area (Å²) in [6.07, 6.45) is 7.06. The third-order valence-corrected chi connectivity index (χ3v) is 7.08. The minimum Gasteiger partial charge on any atom is -0.387 e. The van der Waals surface area contributed by atoms with Crippen molar-refractivity contribution in [3.63, 3.8) is 0 Å². The van der Waals surface area contributed by atoms with Crippen LogP contribution in [0.1, 0.15) is 11.1 Å². The largest absolute Gasteiger partial charge is 0.387 e. The van der Waals surface area contributed by atoms with Crippen LogP contribution in [-0.4, -0.2) is 43.7 Å². The smallest absolute Gasteiger partial charge is 0.153 e. The zero-order valence-corrected chi connectivity index (χ0v) is 18.6. The van der Waals surface area contributed by atoms with Gasteiger partial charge in [-0.25, -0.2) is 8.42 Å². The second-order valence-corrected chi connectivity index (χ2v) is 10.0. The van der Waals surface area contributed by atoms with E-state index in [1.807, 2.05) is 60.7 Å². The van der Waals surface area contributed by atoms with Gasteiger partial charge in [0.2, 0.25) is 0 Å². The van der Waals surface area contributed by atoms with Crippen LogP contribution in [0, 0.1) is 5.41 Å². The van der Waals surface area contributed by atoms with Crippen LogP contribution in [0.5, 0.6) is 0 Å². The highest BCUT2D eigenvalue weighted by molar-refractivity contribution is 7.91. The van der Waals surface area contributed by atoms with Gasteiger partial charge < -0.3 is 15.6 Å². The molecule has 1 aliphatic rings. The van der Waals surface area contributed by atoms with Crippen molar-refractivity contribution in [2.75, 3.05) is 29.5 Å². The van der Waals surface area contributed by atoms with Gasteiger partial charge in [-0.15, -0.1) is 0 Å². The third kappa shape index (κ3) is 5.42. The number of rotatable bonds is 7. The molecular formula is C25H26N4O2S. The lowest BCUT2D eigenvalue weighted by molar-refractivity contribution is 0.587. The number of nitrogens with one attached hydrogen (secondary N) is 2. The Labute approximate surface area is 189 Å². The van der Waals surface area contributed by atoms with Gasteiger partial charge >= 0.3 is 0 Å². The summed E-state index contributed by atoms with van der Waals surface area (Å²) in [4.78, 5) is 6.17. The van der Waals surface area contributed by atoms with Gasteiger partial charge in [0, 0.05) is 43.3 Å². The van der Waals surface area contributed by atoms with Crippen molar-refractivity contribution >= 4 is 21.2 Å². The summed E-state index contributed by atoms with van der Waals surface area (Å²) in [5.74, 6) is 0.283. The molecule has 0 radical (unpaired) electrons. The molecule has 0 atom stereocenters. The topological polar surface area (TPSA) is 86.2 Å². The number of hydrogen-bond acceptors (Lipinski definition) is 6. The molecular weight excluding hydrogens is 420 g/mol. The summed E-state index contributed by atoms with van der Waals surface area (Å²) in [5.41, 5.74) is 5.20. The van der Waals surface area contributed by atoms with Crippen molar-refractivity contribution in [2.45, 2.75) is 6.54 Å². The highest BCUT2D eigenvalue weighted by Crippen LogP contribution is 2.29. The first-order valence-electron chi connectivity index (χ1n) is 10.5. The Kier molecular flexibility index (Phi) is 6.66. The standard InChI is InChI=1S/C25H26N4O2S/c26-24(10-12-28-19-20-5-4-11-27-18-20)23-17-22(21-6-2-1-3-7-21)8-9-25(23)29-13-15-32(30,31)16-14-29/h1-12,17-18,26,28H,13-16,19H2/b12-10-,26-24?. The molecule has 2 N–H and O–H groups in total. The summed E-state index contributed by atoms with van der Waals surface area (Å²) in [5, 5.41) is 11.9. The summed E-state index contributed by atoms with van der Waals surface area (Å²) in [6.45, 7) is 1.51. The van der Waals surface area contributed by atoms with Crippen LogP contribution in [-0.2, 0) is 16.4 Å². The molecule has 164 valence electrons. The Hall–Kier alpha value is -3.45. The molecule has 6 nitrogen and oxygen atoms in total. The maximum Gasteiger partial charge on any atom is 0.153 e. The second kappa shape index (κ2) is 9.78. The first kappa shape index (κ1) is 21.8. The molecule has 0 saturated carbocycles. The highest BCUT2D eigenvalue weighted by atomic mass is 32.2. The number of pyridine rings is 1. The molecule has 4 rings (SSSR count). The number of nitrogens with zero attached hydrogens (tertiary/aromatic N) is 2. The maximum atomic E-state index is 11.9. The van der Waals surface area contributed by atoms with Gasteiger partial charge in [0.05, 0.1) is 17.2 Å². The van der Waals surface area contributed by atoms with Crippen LogP contribution in [0.15, 0.2) is 85.3 Å². The van der Waals surface area contributed by atoms with Crippen molar-refractivity contribution < 1.29 is 8.42 Å². The van der Waals surface area contributed by atoms with E-state index in [0.29, 0.717) is 25.3 Å². The van der Waals surface area contributed by atoms with Crippen LogP contribution < -0.4 is 10.2 Å². The van der Waals surface area contributed by atoms with E-state index in [9.17, 15) is 8.42 Å². The molecule has 32 heavy (non-hydrogen) atoms. The molecule has 3 aromatic rings. The Morgan fingerprint density at radius 3 is 2.53 bits per heavy atom. The summed E-state index contributed by atoms with van der Waals surface area (Å²) in [6, 6.07) is 20.0. The maximum absolute atomic E-state index is 11.9. The van der Waals surface area contributed by atoms with E-state index in [1.165, 1.54) is 0 Å². The normalized spacial score (nSPS) is 15.6. The fourth-order valence-electron chi connectivity index (χ4n) is 3.70. The van der Waals surface area contributed by atoms with Gasteiger partial charge in [0.1, 0.15) is 0 Å². The molecule has 1 fully saturated rings. The van der Waals surface area contributed by atoms with E-state index in [1.54, 1.807) is 24.7 Å². The Balaban J connectivity index is 1.58. The zero-order chi connectivity index (χ0) is 22.4. The van der Waals surface area contributed by atoms with E-state index >= 15 is 0 Å². The van der Waals surface area contributed by atoms with Crippen LogP contribution in [0.2, 0.25) is 0 Å². The van der Waals surface area contributed by atoms with Crippen LogP contribution in [0.4, 0.5) is 5.69 Å². The van der Waals surface area contributed by atoms with Crippen LogP contribution in [0.25, 0.3) is 11.1 Å². The van der Waals surface area contributed by atoms with Gasteiger partial charge in [-0.1, -0.05) is 42.5 Å². The fraction of sp³-hybridized carbons (Fsp3) is 0.200. The Morgan fingerprint density at radius 2 is 1.81 bits per heavy atom. The number of benzene rings is 2. The lowest BCUT2D eigenvalue weighted by atomic mass is 9.98. The van der Waals surface area contributed by atoms with Gasteiger partial charge in [-0.2, -0.15) is 0 Å². The van der Waals surface area contributed by atoms with Gasteiger partial charge in [0.25, 0.3) is 0 Å². The predicted molar refractivity (Wildman–Crippen MR) is 130 cm³/mol. The molecule has 0 amide bonds. The molecule has 1 aliphatic heterocycles. The number of hydrogen-bond donors (Lipinski definition) is 2. The van der Waals surface area contributed by atoms with E-state index in [4.69, 9.17) is 5.41 Å². The Morgan fingerprint density at radius 1 is 1.03 bits per heavy atom. The van der Waals surface area contributed by atoms with Crippen molar-refractivity contribution in [2.24, 2.45) is 0 Å². The predicted octanol–water partition coefficient (Wildman–Crippen LogP) is 3.65. The molecule has 0 aliphatic carbocycles. The SMILES string of the molecule is N=C(/C=C\NCc1cccnc1)c1cc(-c2ccccc2)ccc1N1CCS(=O)(=O)CC1. The molecule has 2 heterocycles. The van der Waals surface area contributed by atoms with Gasteiger partial charge in [0.15, 0.2) is 9.84 Å². The van der Waals surface area contributed by atoms with Crippen molar-refractivity contribution in [3.05, 3.63) is 96.5 Å². The minimum atomic E-state index is -2.98. The fourth-order valence-corrected chi connectivity index (χ4v) is 4.90. The van der Waals surface area contributed by atoms with Gasteiger partial charge in [-0.3, -0.25) is 4.98 Å². The van der Waals surface area contributed by atoms with Crippen LogP contribution in [0.3, 0.4) is 0 Å². The quantitative estimate of drug-likeness (QED) is 0.541. The molecule has 0 spiro atoms. The molecule has 7 heteroatoms. The number of sulfone groups is 1. The summed E-state index contributed by atoms with van der Waals surface area (Å²) >= 11 is 0. The molecule has 0 bridgehead atoms. The summed E-state index contributed by atoms with van der Waals surface area (Å²) < 4.78 is 23.8. The molecule has 0 unspecified atom stereocenters. The Bertz CT molecular complexity index is 1200. The lowest BCUT2D eigenvalue weighted by Gasteiger charge is -2.30. The van der Waals surface area contributed by atoms with Crippen LogP contribution >= 0.6 is 0 Å². The minimum absolute atomic E-state index is 0.142. The zero-order valence-electron chi connectivity index (χ0n) is 17.7. The monoisotopic (exact) mass is 446 g/mol. The van der Waals surface area contributed by atoms with E-state index < -0.39 is 9.84 Å². The number of anilines is 1. The van der Waals surface area contributed by atoms with Crippen molar-refractivity contribution in [3.8, 4) is 11.1 Å². The highest BCUT2D eigenvalue weighted by Gasteiger charge is 2.24. The molecule has 2 aromatic carbocycles. The molecule has 1 aromatic heterocycles. The first-order chi connectivity index (χ1) is 15.5. The average Bonchev–Trinajstić information content (AvgIpc) is 2.83. The number of aromatic nitrogens is 1. The number of allylic oxidation sites excluding steroid dienone is 1.